The molecule has 2 fully saturated rings. The topological polar surface area (TPSA) is 60.7 Å². The summed E-state index contributed by atoms with van der Waals surface area (Å²) in [7, 11) is 0. The van der Waals surface area contributed by atoms with Crippen LogP contribution in [0.15, 0.2) is 34.9 Å². The molecule has 0 aliphatic heterocycles. The van der Waals surface area contributed by atoms with Crippen LogP contribution in [0, 0.1) is 22.7 Å². The Labute approximate surface area is 204 Å². The van der Waals surface area contributed by atoms with Gasteiger partial charge in [0, 0.05) is 0 Å². The molecule has 0 radical (unpaired) electrons. The van der Waals surface area contributed by atoms with Crippen LogP contribution in [-0.4, -0.2) is 33.6 Å². The minimum atomic E-state index is -0.617. The maximum absolute atomic E-state index is 11.4. The Bertz CT molecular complexity index is 727. The zero-order chi connectivity index (χ0) is 24.9. The standard InChI is InChI=1S/C30H52O3/c1-22(13-9-15-24(3)21-31)11-8-12-23(2)14-10-16-26-29(6)19-18-27(32)28(4,5)25(29)17-20-30(26,7)33/h11,14-15,25-27,31-33H,8-10,12-13,16-21H2,1-7H3/t25-,26-,27+,29+,30-/m1/s1. The zero-order valence-electron chi connectivity index (χ0n) is 22.6. The lowest BCUT2D eigenvalue weighted by molar-refractivity contribution is -0.195. The molecule has 0 spiro atoms. The minimum Gasteiger partial charge on any atom is -0.393 e. The van der Waals surface area contributed by atoms with Crippen LogP contribution in [0.2, 0.25) is 0 Å². The fraction of sp³-hybridized carbons (Fsp3) is 0.800. The largest absolute Gasteiger partial charge is 0.393 e. The van der Waals surface area contributed by atoms with Crippen molar-refractivity contribution in [3.05, 3.63) is 34.9 Å². The molecule has 3 nitrogen and oxygen atoms in total. The smallest absolute Gasteiger partial charge is 0.0653 e. The van der Waals surface area contributed by atoms with Crippen molar-refractivity contribution in [2.75, 3.05) is 6.61 Å². The SMILES string of the molecule is CC(=CCCC(C)=CCCC(C)=CCC[C@@H]1[C@@]2(C)CC[C@H](O)C(C)(C)[C@H]2CC[C@@]1(C)O)CO. The van der Waals surface area contributed by atoms with Crippen LogP contribution in [0.3, 0.4) is 0 Å². The van der Waals surface area contributed by atoms with E-state index in [0.717, 1.165) is 69.8 Å². The molecule has 0 heterocycles. The lowest BCUT2D eigenvalue weighted by Crippen LogP contribution is -2.60. The van der Waals surface area contributed by atoms with E-state index in [9.17, 15) is 10.2 Å². The molecule has 2 aliphatic carbocycles. The van der Waals surface area contributed by atoms with Gasteiger partial charge in [-0.05, 0) is 115 Å². The fourth-order valence-electron chi connectivity index (χ4n) is 7.01. The summed E-state index contributed by atoms with van der Waals surface area (Å²) in [4.78, 5) is 0. The second-order valence-corrected chi connectivity index (χ2v) is 12.3. The number of allylic oxidation sites excluding steroid dienone is 5. The molecule has 190 valence electrons. The number of hydrogen-bond donors (Lipinski definition) is 3. The van der Waals surface area contributed by atoms with E-state index in [2.05, 4.69) is 59.8 Å². The van der Waals surface area contributed by atoms with E-state index >= 15 is 0 Å². The highest BCUT2D eigenvalue weighted by molar-refractivity contribution is 5.11. The number of aliphatic hydroxyl groups excluding tert-OH is 2. The van der Waals surface area contributed by atoms with Crippen LogP contribution in [0.5, 0.6) is 0 Å². The highest BCUT2D eigenvalue weighted by Crippen LogP contribution is 2.62. The van der Waals surface area contributed by atoms with Gasteiger partial charge in [-0.15, -0.1) is 0 Å². The van der Waals surface area contributed by atoms with Crippen molar-refractivity contribution < 1.29 is 15.3 Å². The van der Waals surface area contributed by atoms with Gasteiger partial charge in [0.25, 0.3) is 0 Å². The summed E-state index contributed by atoms with van der Waals surface area (Å²) in [6.07, 6.45) is 16.6. The van der Waals surface area contributed by atoms with E-state index in [-0.39, 0.29) is 29.5 Å². The molecule has 2 aliphatic rings. The Morgan fingerprint density at radius 3 is 1.94 bits per heavy atom. The molecule has 5 atom stereocenters. The van der Waals surface area contributed by atoms with Crippen molar-refractivity contribution in [1.82, 2.24) is 0 Å². The van der Waals surface area contributed by atoms with Gasteiger partial charge in [-0.2, -0.15) is 0 Å². The van der Waals surface area contributed by atoms with Crippen molar-refractivity contribution >= 4 is 0 Å². The summed E-state index contributed by atoms with van der Waals surface area (Å²) in [6, 6.07) is 0. The highest BCUT2D eigenvalue weighted by Gasteiger charge is 2.59. The predicted octanol–water partition coefficient (Wildman–Crippen LogP) is 7.12. The van der Waals surface area contributed by atoms with E-state index in [4.69, 9.17) is 5.11 Å². The Hall–Kier alpha value is -0.900. The Morgan fingerprint density at radius 1 is 0.818 bits per heavy atom. The number of fused-ring (bicyclic) bond motifs is 1. The maximum Gasteiger partial charge on any atom is 0.0653 e. The van der Waals surface area contributed by atoms with Crippen LogP contribution < -0.4 is 0 Å². The van der Waals surface area contributed by atoms with Crippen LogP contribution in [0.25, 0.3) is 0 Å². The monoisotopic (exact) mass is 460 g/mol. The van der Waals surface area contributed by atoms with Gasteiger partial charge in [0.1, 0.15) is 0 Å². The third kappa shape index (κ3) is 7.05. The average molecular weight is 461 g/mol. The van der Waals surface area contributed by atoms with Gasteiger partial charge in [0.2, 0.25) is 0 Å². The second-order valence-electron chi connectivity index (χ2n) is 12.3. The number of aliphatic hydroxyl groups is 3. The summed E-state index contributed by atoms with van der Waals surface area (Å²) in [6.45, 7) is 15.5. The summed E-state index contributed by atoms with van der Waals surface area (Å²) in [5, 5.41) is 31.1. The third-order valence-electron chi connectivity index (χ3n) is 9.26. The lowest BCUT2D eigenvalue weighted by atomic mass is 9.44. The Kier molecular flexibility index (Phi) is 10.0. The Morgan fingerprint density at radius 2 is 1.36 bits per heavy atom. The molecule has 2 saturated carbocycles. The highest BCUT2D eigenvalue weighted by atomic mass is 16.3. The molecule has 3 N–H and O–H groups in total. The number of rotatable bonds is 10. The first kappa shape index (κ1) is 28.3. The molecule has 2 rings (SSSR count). The minimum absolute atomic E-state index is 0.0791. The van der Waals surface area contributed by atoms with E-state index in [1.54, 1.807) is 0 Å². The molecular weight excluding hydrogens is 408 g/mol. The summed E-state index contributed by atoms with van der Waals surface area (Å²) < 4.78 is 0. The van der Waals surface area contributed by atoms with E-state index in [1.165, 1.54) is 11.1 Å². The van der Waals surface area contributed by atoms with Crippen LogP contribution in [-0.2, 0) is 0 Å². The van der Waals surface area contributed by atoms with E-state index < -0.39 is 5.60 Å². The van der Waals surface area contributed by atoms with E-state index in [1.807, 2.05) is 6.92 Å². The number of hydrogen-bond acceptors (Lipinski definition) is 3. The normalized spacial score (nSPS) is 35.5. The average Bonchev–Trinajstić information content (AvgIpc) is 2.72. The van der Waals surface area contributed by atoms with Gasteiger partial charge in [-0.3, -0.25) is 0 Å². The quantitative estimate of drug-likeness (QED) is 0.304. The molecule has 0 aromatic heterocycles. The van der Waals surface area contributed by atoms with Gasteiger partial charge in [-0.1, -0.05) is 55.7 Å². The fourth-order valence-corrected chi connectivity index (χ4v) is 7.01. The summed E-state index contributed by atoms with van der Waals surface area (Å²) in [5.74, 6) is 0.741. The molecule has 0 unspecified atom stereocenters. The van der Waals surface area contributed by atoms with Crippen molar-refractivity contribution in [1.29, 1.82) is 0 Å². The first-order valence-electron chi connectivity index (χ1n) is 13.3. The van der Waals surface area contributed by atoms with Crippen molar-refractivity contribution in [2.45, 2.75) is 124 Å². The molecule has 33 heavy (non-hydrogen) atoms. The summed E-state index contributed by atoms with van der Waals surface area (Å²) in [5.41, 5.74) is 3.30. The molecule has 0 amide bonds. The second kappa shape index (κ2) is 11.7. The van der Waals surface area contributed by atoms with Crippen LogP contribution in [0.4, 0.5) is 0 Å². The molecule has 0 aromatic rings. The van der Waals surface area contributed by atoms with Gasteiger partial charge in [0.15, 0.2) is 0 Å². The first-order valence-corrected chi connectivity index (χ1v) is 13.3. The Balaban J connectivity index is 1.92. The van der Waals surface area contributed by atoms with Gasteiger partial charge < -0.3 is 15.3 Å². The zero-order valence-corrected chi connectivity index (χ0v) is 22.6. The maximum atomic E-state index is 11.4. The summed E-state index contributed by atoms with van der Waals surface area (Å²) >= 11 is 0. The van der Waals surface area contributed by atoms with E-state index in [0.29, 0.717) is 5.92 Å². The van der Waals surface area contributed by atoms with Crippen molar-refractivity contribution in [2.24, 2.45) is 22.7 Å². The molecule has 0 aromatic carbocycles. The van der Waals surface area contributed by atoms with Gasteiger partial charge in [0.05, 0.1) is 18.3 Å². The van der Waals surface area contributed by atoms with Crippen LogP contribution in [0.1, 0.15) is 113 Å². The lowest BCUT2D eigenvalue weighted by Gasteiger charge is -2.62. The molecule has 0 saturated heterocycles. The van der Waals surface area contributed by atoms with Crippen LogP contribution >= 0.6 is 0 Å². The first-order chi connectivity index (χ1) is 15.3. The van der Waals surface area contributed by atoms with Crippen molar-refractivity contribution in [3.8, 4) is 0 Å². The molecule has 0 bridgehead atoms. The third-order valence-corrected chi connectivity index (χ3v) is 9.26. The molecule has 3 heteroatoms. The van der Waals surface area contributed by atoms with Crippen molar-refractivity contribution in [3.63, 3.8) is 0 Å². The van der Waals surface area contributed by atoms with Gasteiger partial charge >= 0.3 is 0 Å². The van der Waals surface area contributed by atoms with Gasteiger partial charge in [-0.25, -0.2) is 0 Å². The molecular formula is C30H52O3. The predicted molar refractivity (Wildman–Crippen MR) is 140 cm³/mol.